The molecule has 1 N–H and O–H groups in total. The minimum atomic E-state index is -0.548. The van der Waals surface area contributed by atoms with Crippen LogP contribution in [-0.2, 0) is 6.42 Å². The lowest BCUT2D eigenvalue weighted by Gasteiger charge is -2.17. The van der Waals surface area contributed by atoms with E-state index < -0.39 is 11.6 Å². The second kappa shape index (κ2) is 5.59. The topological polar surface area (TPSA) is 12.0 Å². The molecule has 0 saturated heterocycles. The van der Waals surface area contributed by atoms with E-state index in [4.69, 9.17) is 0 Å². The lowest BCUT2D eigenvalue weighted by molar-refractivity contribution is 0.553. The van der Waals surface area contributed by atoms with Crippen molar-refractivity contribution in [2.24, 2.45) is 0 Å². The number of rotatable bonds is 4. The molecule has 1 nitrogen and oxygen atoms in total. The zero-order valence-electron chi connectivity index (χ0n) is 10.3. The summed E-state index contributed by atoms with van der Waals surface area (Å²) in [7, 11) is 1.78. The fraction of sp³-hybridized carbons (Fsp3) is 0.286. The number of aryl methyl sites for hydroxylation is 1. The van der Waals surface area contributed by atoms with Crippen LogP contribution in [0, 0.1) is 11.6 Å². The second-order valence-corrected chi connectivity index (χ2v) is 5.00. The van der Waals surface area contributed by atoms with E-state index in [1.54, 1.807) is 18.4 Å². The van der Waals surface area contributed by atoms with Gasteiger partial charge in [0.05, 0.1) is 6.04 Å². The summed E-state index contributed by atoms with van der Waals surface area (Å²) in [5, 5.41) is 5.10. The summed E-state index contributed by atoms with van der Waals surface area (Å²) in [6.45, 7) is 2.07. The van der Waals surface area contributed by atoms with Gasteiger partial charge in [-0.05, 0) is 36.5 Å². The first-order valence-corrected chi connectivity index (χ1v) is 6.73. The van der Waals surface area contributed by atoms with Crippen molar-refractivity contribution in [2.45, 2.75) is 19.4 Å². The maximum atomic E-state index is 13.8. The number of hydrogen-bond acceptors (Lipinski definition) is 2. The van der Waals surface area contributed by atoms with Gasteiger partial charge in [-0.1, -0.05) is 13.0 Å². The summed E-state index contributed by atoms with van der Waals surface area (Å²) >= 11 is 1.59. The molecule has 1 atom stereocenters. The largest absolute Gasteiger partial charge is 0.309 e. The first-order valence-electron chi connectivity index (χ1n) is 5.85. The third kappa shape index (κ3) is 2.44. The highest BCUT2D eigenvalue weighted by atomic mass is 32.1. The van der Waals surface area contributed by atoms with Gasteiger partial charge in [0.15, 0.2) is 0 Å². The molecular weight excluding hydrogens is 252 g/mol. The second-order valence-electron chi connectivity index (χ2n) is 4.05. The summed E-state index contributed by atoms with van der Waals surface area (Å²) in [6, 6.07) is 5.55. The van der Waals surface area contributed by atoms with E-state index >= 15 is 0 Å². The van der Waals surface area contributed by atoms with E-state index in [1.165, 1.54) is 17.7 Å². The molecule has 2 aromatic rings. The lowest BCUT2D eigenvalue weighted by atomic mass is 10.0. The van der Waals surface area contributed by atoms with Gasteiger partial charge in [-0.15, -0.1) is 11.3 Å². The third-order valence-corrected chi connectivity index (χ3v) is 4.01. The average Bonchev–Trinajstić information content (AvgIpc) is 2.81. The molecule has 0 aliphatic carbocycles. The number of benzene rings is 1. The first kappa shape index (κ1) is 13.2. The van der Waals surface area contributed by atoms with Gasteiger partial charge in [-0.25, -0.2) is 8.78 Å². The maximum Gasteiger partial charge on any atom is 0.131 e. The summed E-state index contributed by atoms with van der Waals surface area (Å²) in [4.78, 5) is 1.09. The van der Waals surface area contributed by atoms with Crippen molar-refractivity contribution in [1.29, 1.82) is 0 Å². The van der Waals surface area contributed by atoms with Gasteiger partial charge in [-0.3, -0.25) is 0 Å². The van der Waals surface area contributed by atoms with Crippen LogP contribution in [0.1, 0.15) is 29.0 Å². The van der Waals surface area contributed by atoms with Gasteiger partial charge in [-0.2, -0.15) is 0 Å². The van der Waals surface area contributed by atoms with Crippen molar-refractivity contribution in [3.8, 4) is 0 Å². The highest BCUT2D eigenvalue weighted by Gasteiger charge is 2.20. The molecule has 2 rings (SSSR count). The van der Waals surface area contributed by atoms with Gasteiger partial charge in [0.2, 0.25) is 0 Å². The van der Waals surface area contributed by atoms with Gasteiger partial charge >= 0.3 is 0 Å². The standard InChI is InChI=1S/C14H15F2NS/c1-3-9-6-7-18-14(9)13(17-2)11-5-4-10(15)8-12(11)16/h4-8,13,17H,3H2,1-2H3. The molecule has 1 aromatic heterocycles. The first-order chi connectivity index (χ1) is 8.67. The molecule has 18 heavy (non-hydrogen) atoms. The molecule has 0 aliphatic rings. The quantitative estimate of drug-likeness (QED) is 0.886. The number of hydrogen-bond donors (Lipinski definition) is 1. The van der Waals surface area contributed by atoms with Crippen molar-refractivity contribution in [3.63, 3.8) is 0 Å². The Kier molecular flexibility index (Phi) is 4.09. The van der Waals surface area contributed by atoms with Gasteiger partial charge in [0.1, 0.15) is 11.6 Å². The smallest absolute Gasteiger partial charge is 0.131 e. The van der Waals surface area contributed by atoms with Crippen molar-refractivity contribution >= 4 is 11.3 Å². The fourth-order valence-corrected chi connectivity index (χ4v) is 3.18. The van der Waals surface area contributed by atoms with Gasteiger partial charge in [0.25, 0.3) is 0 Å². The summed E-state index contributed by atoms with van der Waals surface area (Å²) in [5.41, 5.74) is 1.68. The predicted octanol–water partition coefficient (Wildman–Crippen LogP) is 3.90. The number of thiophene rings is 1. The van der Waals surface area contributed by atoms with E-state index in [0.717, 1.165) is 17.4 Å². The van der Waals surface area contributed by atoms with Crippen LogP contribution in [0.5, 0.6) is 0 Å². The predicted molar refractivity (Wildman–Crippen MR) is 71.0 cm³/mol. The molecule has 1 heterocycles. The van der Waals surface area contributed by atoms with Crippen molar-refractivity contribution in [1.82, 2.24) is 5.32 Å². The zero-order valence-corrected chi connectivity index (χ0v) is 11.2. The zero-order chi connectivity index (χ0) is 13.1. The van der Waals surface area contributed by atoms with Crippen molar-refractivity contribution in [2.75, 3.05) is 7.05 Å². The van der Waals surface area contributed by atoms with Crippen LogP contribution < -0.4 is 5.32 Å². The molecular formula is C14H15F2NS. The molecule has 1 unspecified atom stereocenters. The molecule has 0 radical (unpaired) electrons. The van der Waals surface area contributed by atoms with Gasteiger partial charge in [0, 0.05) is 16.5 Å². The summed E-state index contributed by atoms with van der Waals surface area (Å²) in [5.74, 6) is -1.06. The van der Waals surface area contributed by atoms with Crippen LogP contribution in [-0.4, -0.2) is 7.05 Å². The Labute approximate surface area is 109 Å². The Morgan fingerprint density at radius 1 is 1.28 bits per heavy atom. The van der Waals surface area contributed by atoms with Crippen LogP contribution >= 0.6 is 11.3 Å². The van der Waals surface area contributed by atoms with Crippen LogP contribution in [0.2, 0.25) is 0 Å². The number of nitrogens with one attached hydrogen (secondary N) is 1. The van der Waals surface area contributed by atoms with E-state index in [0.29, 0.717) is 5.56 Å². The van der Waals surface area contributed by atoms with Crippen LogP contribution in [0.15, 0.2) is 29.6 Å². The molecule has 0 saturated carbocycles. The van der Waals surface area contributed by atoms with E-state index in [1.807, 2.05) is 11.4 Å². The Bertz CT molecular complexity index is 536. The van der Waals surface area contributed by atoms with Crippen LogP contribution in [0.4, 0.5) is 8.78 Å². The molecule has 4 heteroatoms. The Morgan fingerprint density at radius 2 is 2.06 bits per heavy atom. The molecule has 0 spiro atoms. The summed E-state index contributed by atoms with van der Waals surface area (Å²) < 4.78 is 26.8. The average molecular weight is 267 g/mol. The molecule has 0 fully saturated rings. The SMILES string of the molecule is CCc1ccsc1C(NC)c1ccc(F)cc1F. The summed E-state index contributed by atoms with van der Waals surface area (Å²) in [6.07, 6.45) is 0.903. The van der Waals surface area contributed by atoms with E-state index in [2.05, 4.69) is 12.2 Å². The molecule has 96 valence electrons. The molecule has 0 amide bonds. The Balaban J connectivity index is 2.45. The highest BCUT2D eigenvalue weighted by molar-refractivity contribution is 7.10. The fourth-order valence-electron chi connectivity index (χ4n) is 2.06. The molecule has 0 aliphatic heterocycles. The van der Waals surface area contributed by atoms with Crippen LogP contribution in [0.25, 0.3) is 0 Å². The molecule has 0 bridgehead atoms. The lowest BCUT2D eigenvalue weighted by Crippen LogP contribution is -2.19. The maximum absolute atomic E-state index is 13.8. The van der Waals surface area contributed by atoms with E-state index in [-0.39, 0.29) is 6.04 Å². The van der Waals surface area contributed by atoms with Crippen molar-refractivity contribution in [3.05, 3.63) is 57.3 Å². The monoisotopic (exact) mass is 267 g/mol. The molecule has 1 aromatic carbocycles. The van der Waals surface area contributed by atoms with Crippen LogP contribution in [0.3, 0.4) is 0 Å². The minimum Gasteiger partial charge on any atom is -0.309 e. The Hall–Kier alpha value is -1.26. The Morgan fingerprint density at radius 3 is 2.67 bits per heavy atom. The number of halogens is 2. The normalized spacial score (nSPS) is 12.7. The minimum absolute atomic E-state index is 0.222. The van der Waals surface area contributed by atoms with Crippen molar-refractivity contribution < 1.29 is 8.78 Å². The third-order valence-electron chi connectivity index (χ3n) is 2.99. The van der Waals surface area contributed by atoms with E-state index in [9.17, 15) is 8.78 Å². The highest BCUT2D eigenvalue weighted by Crippen LogP contribution is 2.31. The van der Waals surface area contributed by atoms with Gasteiger partial charge < -0.3 is 5.32 Å².